The zero-order chi connectivity index (χ0) is 34.5. The second-order valence-corrected chi connectivity index (χ2v) is 11.6. The lowest BCUT2D eigenvalue weighted by molar-refractivity contribution is -0.141. The molecule has 0 radical (unpaired) electrons. The summed E-state index contributed by atoms with van der Waals surface area (Å²) in [4.78, 5) is 56.8. The Hall–Kier alpha value is -5.41. The van der Waals surface area contributed by atoms with Gasteiger partial charge in [0.25, 0.3) is 17.7 Å². The van der Waals surface area contributed by atoms with Crippen LogP contribution in [0.25, 0.3) is 5.65 Å². The molecule has 3 heterocycles. The Labute approximate surface area is 268 Å². The molecule has 1 aliphatic heterocycles. The van der Waals surface area contributed by atoms with Crippen molar-refractivity contribution in [2.45, 2.75) is 57.4 Å². The summed E-state index contributed by atoms with van der Waals surface area (Å²) in [5.41, 5.74) is -0.0543. The molecule has 3 N–H and O–H groups in total. The largest absolute Gasteiger partial charge is 0.480 e. The van der Waals surface area contributed by atoms with E-state index < -0.39 is 71.1 Å². The molecule has 48 heavy (non-hydrogen) atoms. The molecule has 0 spiro atoms. The lowest BCUT2D eigenvalue weighted by atomic mass is 9.97. The highest BCUT2D eigenvalue weighted by Crippen LogP contribution is 2.36. The van der Waals surface area contributed by atoms with E-state index in [1.54, 1.807) is 19.1 Å². The van der Waals surface area contributed by atoms with Crippen LogP contribution >= 0.6 is 0 Å². The number of benzene rings is 2. The van der Waals surface area contributed by atoms with Gasteiger partial charge in [-0.3, -0.25) is 14.4 Å². The van der Waals surface area contributed by atoms with Gasteiger partial charge < -0.3 is 20.6 Å². The Morgan fingerprint density at radius 1 is 1.02 bits per heavy atom. The van der Waals surface area contributed by atoms with Gasteiger partial charge in [-0.1, -0.05) is 12.1 Å². The van der Waals surface area contributed by atoms with E-state index in [0.717, 1.165) is 34.0 Å². The smallest absolute Gasteiger partial charge is 0.419 e. The zero-order valence-electron chi connectivity index (χ0n) is 25.2. The fourth-order valence-electron chi connectivity index (χ4n) is 6.30. The number of likely N-dealkylation sites (tertiary alicyclic amines) is 1. The Bertz CT molecular complexity index is 1990. The monoisotopic (exact) mass is 670 g/mol. The van der Waals surface area contributed by atoms with Crippen LogP contribution < -0.4 is 10.6 Å². The highest BCUT2D eigenvalue weighted by molar-refractivity contribution is 5.99. The Morgan fingerprint density at radius 2 is 1.79 bits per heavy atom. The number of aromatic nitrogens is 3. The van der Waals surface area contributed by atoms with Crippen LogP contribution in [0.15, 0.2) is 42.6 Å². The van der Waals surface area contributed by atoms with Gasteiger partial charge in [-0.15, -0.1) is 0 Å². The van der Waals surface area contributed by atoms with Gasteiger partial charge in [0.1, 0.15) is 23.2 Å². The number of nitrogens with zero attached hydrogens (tertiary/aromatic N) is 4. The predicted octanol–water partition coefficient (Wildman–Crippen LogP) is 4.37. The summed E-state index contributed by atoms with van der Waals surface area (Å²) in [7, 11) is 0. The van der Waals surface area contributed by atoms with Crippen molar-refractivity contribution in [1.82, 2.24) is 30.1 Å². The van der Waals surface area contributed by atoms with Crippen LogP contribution in [-0.4, -0.2) is 60.9 Å². The van der Waals surface area contributed by atoms with Crippen LogP contribution in [-0.2, 0) is 23.9 Å². The molecule has 1 aliphatic carbocycles. The van der Waals surface area contributed by atoms with E-state index >= 15 is 0 Å². The minimum absolute atomic E-state index is 0.0613. The summed E-state index contributed by atoms with van der Waals surface area (Å²) in [6.45, 7) is 1.65. The maximum Gasteiger partial charge on any atom is 0.419 e. The fraction of sp³-hybridized carbons (Fsp3) is 0.312. The van der Waals surface area contributed by atoms with Crippen LogP contribution in [0.4, 0.5) is 22.0 Å². The number of carboxylic acid groups (broad SMARTS) is 1. The van der Waals surface area contributed by atoms with Gasteiger partial charge in [0.05, 0.1) is 17.8 Å². The van der Waals surface area contributed by atoms with Crippen molar-refractivity contribution in [1.29, 1.82) is 0 Å². The Morgan fingerprint density at radius 3 is 2.52 bits per heavy atom. The third-order valence-electron chi connectivity index (χ3n) is 8.71. The maximum atomic E-state index is 14.6. The fourth-order valence-corrected chi connectivity index (χ4v) is 6.30. The van der Waals surface area contributed by atoms with E-state index in [1.165, 1.54) is 4.90 Å². The average molecular weight is 671 g/mol. The van der Waals surface area contributed by atoms with Crippen LogP contribution in [0.1, 0.15) is 84.5 Å². The van der Waals surface area contributed by atoms with Gasteiger partial charge in [0.15, 0.2) is 11.5 Å². The lowest BCUT2D eigenvalue weighted by Gasteiger charge is -2.23. The van der Waals surface area contributed by atoms with Crippen molar-refractivity contribution in [3.8, 4) is 0 Å². The summed E-state index contributed by atoms with van der Waals surface area (Å²) in [5.74, 6) is -5.51. The number of alkyl halides is 3. The number of carbonyl (C=O) groups is 4. The van der Waals surface area contributed by atoms with E-state index in [-0.39, 0.29) is 17.2 Å². The zero-order valence-corrected chi connectivity index (χ0v) is 25.2. The summed E-state index contributed by atoms with van der Waals surface area (Å²) in [5, 5.41) is 18.6. The molecule has 3 amide bonds. The SMILES string of the molecule is Cc1c(C(=O)N2CCC[C@H]2C(=O)O)ccc2c1CC[C@@H]2NC(=O)c1cc(C(=O)NCc2ccc(F)c(C(F)(F)F)c2)nc2c(F)cnn12. The van der Waals surface area contributed by atoms with Crippen LogP contribution in [0.2, 0.25) is 0 Å². The van der Waals surface area contributed by atoms with Crippen LogP contribution in [0.3, 0.4) is 0 Å². The quantitative estimate of drug-likeness (QED) is 0.248. The standard InChI is InChI=1S/C32H27F5N6O5/c1-15-17-7-9-23(19(17)6-5-18(15)30(46)42-10-2-3-25(42)31(47)48)41-29(45)26-12-24(40-27-22(34)14-39-43(26)27)28(44)38-13-16-4-8-21(33)20(11-16)32(35,36)37/h4-6,8,11-12,14,23,25H,2-3,7,9-10,13H2,1H3,(H,38,44)(H,41,45)(H,47,48)/t23-,25-/m0/s1. The van der Waals surface area contributed by atoms with E-state index in [9.17, 15) is 46.2 Å². The minimum Gasteiger partial charge on any atom is -0.480 e. The lowest BCUT2D eigenvalue weighted by Crippen LogP contribution is -2.40. The number of aliphatic carboxylic acids is 1. The van der Waals surface area contributed by atoms with Gasteiger partial charge >= 0.3 is 12.1 Å². The molecule has 2 aromatic heterocycles. The van der Waals surface area contributed by atoms with Crippen molar-refractivity contribution in [2.24, 2.45) is 0 Å². The molecule has 2 atom stereocenters. The summed E-state index contributed by atoms with van der Waals surface area (Å²) in [6, 6.07) is 5.20. The molecule has 0 bridgehead atoms. The van der Waals surface area contributed by atoms with E-state index in [1.807, 2.05) is 0 Å². The number of fused-ring (bicyclic) bond motifs is 2. The Kier molecular flexibility index (Phi) is 8.35. The molecule has 6 rings (SSSR count). The van der Waals surface area contributed by atoms with Crippen LogP contribution in [0.5, 0.6) is 0 Å². The number of hydrogen-bond acceptors (Lipinski definition) is 6. The average Bonchev–Trinajstić information content (AvgIpc) is 3.79. The number of hydrogen-bond donors (Lipinski definition) is 3. The third kappa shape index (κ3) is 5.93. The normalized spacial score (nSPS) is 17.4. The van der Waals surface area contributed by atoms with Gasteiger partial charge in [-0.2, -0.15) is 18.3 Å². The number of carbonyl (C=O) groups excluding carboxylic acids is 3. The molecule has 4 aromatic rings. The summed E-state index contributed by atoms with van der Waals surface area (Å²) < 4.78 is 68.5. The molecule has 1 fully saturated rings. The summed E-state index contributed by atoms with van der Waals surface area (Å²) >= 11 is 0. The third-order valence-corrected chi connectivity index (χ3v) is 8.71. The first-order valence-electron chi connectivity index (χ1n) is 14.9. The molecule has 1 saturated heterocycles. The number of nitrogens with one attached hydrogen (secondary N) is 2. The van der Waals surface area contributed by atoms with Crippen LogP contribution in [0, 0.1) is 18.6 Å². The van der Waals surface area contributed by atoms with Gasteiger partial charge in [0, 0.05) is 24.7 Å². The number of carboxylic acids is 1. The van der Waals surface area contributed by atoms with E-state index in [2.05, 4.69) is 20.7 Å². The first-order chi connectivity index (χ1) is 22.7. The molecule has 11 nitrogen and oxygen atoms in total. The second kappa shape index (κ2) is 12.3. The molecule has 250 valence electrons. The van der Waals surface area contributed by atoms with Gasteiger partial charge in [-0.05, 0) is 73.1 Å². The first-order valence-corrected chi connectivity index (χ1v) is 14.9. The molecule has 0 saturated carbocycles. The number of amides is 3. The van der Waals surface area contributed by atoms with Crippen molar-refractivity contribution in [3.63, 3.8) is 0 Å². The molecule has 2 aliphatic rings. The molecular formula is C32H27F5N6O5. The van der Waals surface area contributed by atoms with E-state index in [4.69, 9.17) is 0 Å². The van der Waals surface area contributed by atoms with Gasteiger partial charge in [0.2, 0.25) is 0 Å². The highest BCUT2D eigenvalue weighted by atomic mass is 19.4. The van der Waals surface area contributed by atoms with Gasteiger partial charge in [-0.25, -0.2) is 23.1 Å². The number of rotatable bonds is 7. The number of halogens is 5. The molecular weight excluding hydrogens is 643 g/mol. The Balaban J connectivity index is 1.22. The maximum absolute atomic E-state index is 14.6. The second-order valence-electron chi connectivity index (χ2n) is 11.6. The topological polar surface area (TPSA) is 146 Å². The van der Waals surface area contributed by atoms with Crippen molar-refractivity contribution >= 4 is 29.3 Å². The molecule has 2 aromatic carbocycles. The highest BCUT2D eigenvalue weighted by Gasteiger charge is 2.37. The molecule has 16 heteroatoms. The molecule has 0 unspecified atom stereocenters. The van der Waals surface area contributed by atoms with E-state index in [0.29, 0.717) is 55.5 Å². The summed E-state index contributed by atoms with van der Waals surface area (Å²) in [6.07, 6.45) is -2.22. The minimum atomic E-state index is -4.95. The predicted molar refractivity (Wildman–Crippen MR) is 157 cm³/mol. The first kappa shape index (κ1) is 32.5. The van der Waals surface area contributed by atoms with Crippen molar-refractivity contribution < 1.29 is 46.2 Å². The van der Waals surface area contributed by atoms with Crippen molar-refractivity contribution in [2.75, 3.05) is 6.54 Å². The van der Waals surface area contributed by atoms with Crippen molar-refractivity contribution in [3.05, 3.63) is 99.0 Å².